The van der Waals surface area contributed by atoms with E-state index in [-0.39, 0.29) is 18.0 Å². The van der Waals surface area contributed by atoms with Crippen molar-refractivity contribution in [3.05, 3.63) is 0 Å². The molecule has 0 bridgehead atoms. The van der Waals surface area contributed by atoms with Crippen molar-refractivity contribution < 1.29 is 9.00 Å². The smallest absolute Gasteiger partial charge is 0.235 e. The van der Waals surface area contributed by atoms with Gasteiger partial charge in [-0.1, -0.05) is 13.3 Å². The van der Waals surface area contributed by atoms with E-state index in [1.165, 1.54) is 0 Å². The molecule has 0 aliphatic rings. The average Bonchev–Trinajstić information content (AvgIpc) is 2.24. The van der Waals surface area contributed by atoms with Crippen LogP contribution in [0.2, 0.25) is 0 Å². The topological polar surface area (TPSA) is 72.2 Å². The lowest BCUT2D eigenvalue weighted by Gasteiger charge is -2.17. The second-order valence-corrected chi connectivity index (χ2v) is 6.57. The number of amides is 1. The summed E-state index contributed by atoms with van der Waals surface area (Å²) in [7, 11) is -1.13. The standard InChI is InChI=1S/C12H26N2O2S/c1-5-6-10(3)14-12(15)11(4)17(16)8-7-9(2)13/h9-11H,5-8,13H2,1-4H3,(H,14,15). The Morgan fingerprint density at radius 1 is 1.29 bits per heavy atom. The molecule has 3 N–H and O–H groups in total. The van der Waals surface area contributed by atoms with Gasteiger partial charge < -0.3 is 11.1 Å². The highest BCUT2D eigenvalue weighted by atomic mass is 32.2. The van der Waals surface area contributed by atoms with Crippen LogP contribution in [0.1, 0.15) is 47.0 Å². The van der Waals surface area contributed by atoms with Crippen molar-refractivity contribution in [2.75, 3.05) is 5.75 Å². The minimum Gasteiger partial charge on any atom is -0.353 e. The van der Waals surface area contributed by atoms with Crippen LogP contribution in [-0.2, 0) is 15.6 Å². The van der Waals surface area contributed by atoms with E-state index in [1.54, 1.807) is 6.92 Å². The summed E-state index contributed by atoms with van der Waals surface area (Å²) in [5.41, 5.74) is 5.60. The van der Waals surface area contributed by atoms with Crippen LogP contribution in [0.5, 0.6) is 0 Å². The first-order valence-electron chi connectivity index (χ1n) is 6.31. The molecule has 1 amide bonds. The Morgan fingerprint density at radius 3 is 2.35 bits per heavy atom. The van der Waals surface area contributed by atoms with Gasteiger partial charge in [-0.25, -0.2) is 0 Å². The maximum atomic E-state index is 11.8. The molecule has 102 valence electrons. The summed E-state index contributed by atoms with van der Waals surface area (Å²) in [6.45, 7) is 7.64. The highest BCUT2D eigenvalue weighted by molar-refractivity contribution is 7.86. The van der Waals surface area contributed by atoms with Crippen LogP contribution >= 0.6 is 0 Å². The molecule has 0 aromatic carbocycles. The van der Waals surface area contributed by atoms with Gasteiger partial charge in [-0.05, 0) is 33.6 Å². The van der Waals surface area contributed by atoms with Crippen molar-refractivity contribution in [3.63, 3.8) is 0 Å². The number of rotatable bonds is 8. The maximum Gasteiger partial charge on any atom is 0.235 e. The normalized spacial score (nSPS) is 18.2. The molecule has 5 heteroatoms. The molecule has 0 radical (unpaired) electrons. The van der Waals surface area contributed by atoms with Crippen LogP contribution in [0.4, 0.5) is 0 Å². The predicted octanol–water partition coefficient (Wildman–Crippen LogP) is 1.17. The molecule has 4 nitrogen and oxygen atoms in total. The van der Waals surface area contributed by atoms with Crippen molar-refractivity contribution >= 4 is 16.7 Å². The van der Waals surface area contributed by atoms with Gasteiger partial charge in [0.25, 0.3) is 0 Å². The first-order chi connectivity index (χ1) is 7.88. The van der Waals surface area contributed by atoms with Gasteiger partial charge >= 0.3 is 0 Å². The van der Waals surface area contributed by atoms with E-state index >= 15 is 0 Å². The number of carbonyl (C=O) groups excluding carboxylic acids is 1. The molecule has 0 aliphatic heterocycles. The van der Waals surface area contributed by atoms with Crippen LogP contribution < -0.4 is 11.1 Å². The van der Waals surface area contributed by atoms with Gasteiger partial charge in [-0.3, -0.25) is 9.00 Å². The first kappa shape index (κ1) is 16.6. The summed E-state index contributed by atoms with van der Waals surface area (Å²) in [4.78, 5) is 11.8. The van der Waals surface area contributed by atoms with Gasteiger partial charge in [0.05, 0.1) is 0 Å². The Hall–Kier alpha value is -0.420. The number of nitrogens with one attached hydrogen (secondary N) is 1. The Kier molecular flexibility index (Phi) is 8.43. The summed E-state index contributed by atoms with van der Waals surface area (Å²) in [6, 6.07) is 0.189. The van der Waals surface area contributed by atoms with Gasteiger partial charge in [0.15, 0.2) is 0 Å². The fourth-order valence-electron chi connectivity index (χ4n) is 1.46. The molecule has 0 saturated heterocycles. The highest BCUT2D eigenvalue weighted by Crippen LogP contribution is 2.02. The van der Waals surface area contributed by atoms with Crippen LogP contribution in [0.15, 0.2) is 0 Å². The number of nitrogens with two attached hydrogens (primary N) is 1. The largest absolute Gasteiger partial charge is 0.353 e. The zero-order valence-electron chi connectivity index (χ0n) is 11.4. The number of hydrogen-bond donors (Lipinski definition) is 2. The Balaban J connectivity index is 4.07. The van der Waals surface area contributed by atoms with E-state index in [4.69, 9.17) is 5.73 Å². The lowest BCUT2D eigenvalue weighted by molar-refractivity contribution is -0.121. The highest BCUT2D eigenvalue weighted by Gasteiger charge is 2.20. The van der Waals surface area contributed by atoms with Gasteiger partial charge in [0.1, 0.15) is 5.25 Å². The minimum atomic E-state index is -1.13. The third kappa shape index (κ3) is 7.49. The molecule has 0 fully saturated rings. The van der Waals surface area contributed by atoms with Gasteiger partial charge in [-0.2, -0.15) is 0 Å². The summed E-state index contributed by atoms with van der Waals surface area (Å²) in [6.07, 6.45) is 2.67. The van der Waals surface area contributed by atoms with Crippen molar-refractivity contribution in [1.82, 2.24) is 5.32 Å². The Bertz CT molecular complexity index is 257. The molecular weight excluding hydrogens is 236 g/mol. The molecule has 0 aromatic rings. The van der Waals surface area contributed by atoms with Crippen LogP contribution in [0.25, 0.3) is 0 Å². The average molecular weight is 262 g/mol. The lowest BCUT2D eigenvalue weighted by Crippen LogP contribution is -2.41. The molecule has 0 aromatic heterocycles. The lowest BCUT2D eigenvalue weighted by atomic mass is 10.2. The predicted molar refractivity (Wildman–Crippen MR) is 73.3 cm³/mol. The number of carbonyl (C=O) groups is 1. The van der Waals surface area contributed by atoms with Crippen molar-refractivity contribution in [2.24, 2.45) is 5.73 Å². The molecule has 0 saturated carbocycles. The molecule has 4 atom stereocenters. The van der Waals surface area contributed by atoms with Gasteiger partial charge in [0, 0.05) is 28.6 Å². The first-order valence-corrected chi connectivity index (χ1v) is 7.69. The Labute approximate surface area is 107 Å². The zero-order chi connectivity index (χ0) is 13.4. The van der Waals surface area contributed by atoms with Crippen LogP contribution in [-0.4, -0.2) is 33.2 Å². The maximum absolute atomic E-state index is 11.8. The fraction of sp³-hybridized carbons (Fsp3) is 0.917. The molecule has 0 heterocycles. The SMILES string of the molecule is CCCC(C)NC(=O)C(C)S(=O)CCC(C)N. The molecular formula is C12H26N2O2S. The zero-order valence-corrected chi connectivity index (χ0v) is 12.2. The summed E-state index contributed by atoms with van der Waals surface area (Å²) in [5, 5.41) is 2.43. The third-order valence-electron chi connectivity index (χ3n) is 2.65. The van der Waals surface area contributed by atoms with E-state index in [0.717, 1.165) is 12.8 Å². The fourth-order valence-corrected chi connectivity index (χ4v) is 2.73. The summed E-state index contributed by atoms with van der Waals surface area (Å²) >= 11 is 0. The molecule has 4 unspecified atom stereocenters. The molecule has 0 rings (SSSR count). The van der Waals surface area contributed by atoms with E-state index in [0.29, 0.717) is 12.2 Å². The second kappa shape index (κ2) is 8.64. The number of hydrogen-bond acceptors (Lipinski definition) is 3. The van der Waals surface area contributed by atoms with E-state index in [2.05, 4.69) is 12.2 Å². The van der Waals surface area contributed by atoms with Crippen LogP contribution in [0.3, 0.4) is 0 Å². The third-order valence-corrected chi connectivity index (χ3v) is 4.29. The second-order valence-electron chi connectivity index (χ2n) is 4.69. The van der Waals surface area contributed by atoms with Crippen molar-refractivity contribution in [2.45, 2.75) is 64.3 Å². The van der Waals surface area contributed by atoms with Gasteiger partial charge in [0.2, 0.25) is 5.91 Å². The van der Waals surface area contributed by atoms with Crippen molar-refractivity contribution in [1.29, 1.82) is 0 Å². The molecule has 17 heavy (non-hydrogen) atoms. The quantitative estimate of drug-likeness (QED) is 0.689. The van der Waals surface area contributed by atoms with Crippen molar-refractivity contribution in [3.8, 4) is 0 Å². The molecule has 0 spiro atoms. The monoisotopic (exact) mass is 262 g/mol. The van der Waals surface area contributed by atoms with E-state index in [1.807, 2.05) is 13.8 Å². The van der Waals surface area contributed by atoms with E-state index in [9.17, 15) is 9.00 Å². The van der Waals surface area contributed by atoms with E-state index < -0.39 is 16.0 Å². The molecule has 0 aliphatic carbocycles. The van der Waals surface area contributed by atoms with Crippen LogP contribution in [0, 0.1) is 0 Å². The summed E-state index contributed by atoms with van der Waals surface area (Å²) in [5.74, 6) is 0.378. The summed E-state index contributed by atoms with van der Waals surface area (Å²) < 4.78 is 11.8. The Morgan fingerprint density at radius 2 is 1.88 bits per heavy atom. The minimum absolute atomic E-state index is 0.0354. The van der Waals surface area contributed by atoms with Gasteiger partial charge in [-0.15, -0.1) is 0 Å².